The zero-order valence-corrected chi connectivity index (χ0v) is 13.6. The minimum atomic E-state index is 0.806. The van der Waals surface area contributed by atoms with Crippen molar-refractivity contribution in [2.24, 2.45) is 0 Å². The summed E-state index contributed by atoms with van der Waals surface area (Å²) in [5.74, 6) is 0. The van der Waals surface area contributed by atoms with Crippen LogP contribution in [0.15, 0.2) is 48.5 Å². The summed E-state index contributed by atoms with van der Waals surface area (Å²) in [6.07, 6.45) is 8.02. The molecule has 0 aliphatic rings. The third kappa shape index (κ3) is 5.44. The maximum absolute atomic E-state index is 5.73. The number of benzene rings is 2. The van der Waals surface area contributed by atoms with Gasteiger partial charge in [-0.15, -0.1) is 0 Å². The Hall–Kier alpha value is -1.96. The van der Waals surface area contributed by atoms with Crippen molar-refractivity contribution in [2.75, 3.05) is 17.6 Å². The number of unbranched alkanes of at least 4 members (excludes halogenated alkanes) is 5. The van der Waals surface area contributed by atoms with Crippen LogP contribution in [0.2, 0.25) is 0 Å². The van der Waals surface area contributed by atoms with Crippen molar-refractivity contribution in [3.05, 3.63) is 48.5 Å². The van der Waals surface area contributed by atoms with Crippen LogP contribution in [0.4, 0.5) is 11.4 Å². The summed E-state index contributed by atoms with van der Waals surface area (Å²) < 4.78 is 0. The lowest BCUT2D eigenvalue weighted by atomic mass is 10.1. The monoisotopic (exact) mass is 296 g/mol. The molecule has 0 fully saturated rings. The zero-order valence-electron chi connectivity index (χ0n) is 13.6. The first kappa shape index (κ1) is 16.4. The van der Waals surface area contributed by atoms with E-state index >= 15 is 0 Å². The van der Waals surface area contributed by atoms with Gasteiger partial charge >= 0.3 is 0 Å². The summed E-state index contributed by atoms with van der Waals surface area (Å²) in [5, 5.41) is 3.50. The van der Waals surface area contributed by atoms with Crippen LogP contribution in [0.5, 0.6) is 0 Å². The van der Waals surface area contributed by atoms with Crippen LogP contribution in [0.1, 0.15) is 45.4 Å². The second-order valence-corrected chi connectivity index (χ2v) is 5.89. The van der Waals surface area contributed by atoms with Crippen LogP contribution >= 0.6 is 0 Å². The van der Waals surface area contributed by atoms with Gasteiger partial charge in [0.25, 0.3) is 0 Å². The van der Waals surface area contributed by atoms with E-state index in [2.05, 4.69) is 48.6 Å². The Balaban J connectivity index is 1.74. The highest BCUT2D eigenvalue weighted by Crippen LogP contribution is 2.22. The standard InChI is InChI=1S/C20H28N2/c1-2-3-4-5-6-7-16-22-20-14-10-18(11-15-20)17-8-12-19(21)13-9-17/h8-15,22H,2-7,16,21H2,1H3. The summed E-state index contributed by atoms with van der Waals surface area (Å²) >= 11 is 0. The topological polar surface area (TPSA) is 38.0 Å². The molecule has 22 heavy (non-hydrogen) atoms. The van der Waals surface area contributed by atoms with E-state index in [1.165, 1.54) is 55.3 Å². The number of anilines is 2. The number of hydrogen-bond donors (Lipinski definition) is 2. The quantitative estimate of drug-likeness (QED) is 0.459. The Labute approximate surface area is 134 Å². The van der Waals surface area contributed by atoms with Crippen LogP contribution in [-0.2, 0) is 0 Å². The zero-order chi connectivity index (χ0) is 15.6. The minimum absolute atomic E-state index is 0.806. The lowest BCUT2D eigenvalue weighted by molar-refractivity contribution is 0.617. The van der Waals surface area contributed by atoms with Crippen molar-refractivity contribution in [3.8, 4) is 11.1 Å². The molecule has 0 heterocycles. The van der Waals surface area contributed by atoms with Gasteiger partial charge in [0, 0.05) is 17.9 Å². The SMILES string of the molecule is CCCCCCCCNc1ccc(-c2ccc(N)cc2)cc1. The van der Waals surface area contributed by atoms with E-state index in [-0.39, 0.29) is 0 Å². The average Bonchev–Trinajstić information content (AvgIpc) is 2.55. The van der Waals surface area contributed by atoms with E-state index < -0.39 is 0 Å². The fraction of sp³-hybridized carbons (Fsp3) is 0.400. The Bertz CT molecular complexity index is 529. The first-order valence-corrected chi connectivity index (χ1v) is 8.49. The number of nitrogens with two attached hydrogens (primary N) is 1. The predicted molar refractivity (Wildman–Crippen MR) is 98.2 cm³/mol. The van der Waals surface area contributed by atoms with Crippen molar-refractivity contribution in [1.82, 2.24) is 0 Å². The van der Waals surface area contributed by atoms with E-state index in [4.69, 9.17) is 5.73 Å². The molecule has 0 aromatic heterocycles. The maximum atomic E-state index is 5.73. The molecule has 0 aliphatic carbocycles. The highest BCUT2D eigenvalue weighted by Gasteiger charge is 1.98. The van der Waals surface area contributed by atoms with Crippen molar-refractivity contribution in [1.29, 1.82) is 0 Å². The molecular formula is C20H28N2. The first-order chi connectivity index (χ1) is 10.8. The van der Waals surface area contributed by atoms with Gasteiger partial charge in [0.2, 0.25) is 0 Å². The second kappa shape index (κ2) is 9.14. The summed E-state index contributed by atoms with van der Waals surface area (Å²) in [6.45, 7) is 3.32. The number of rotatable bonds is 9. The Kier molecular flexibility index (Phi) is 6.82. The molecule has 0 radical (unpaired) electrons. The Morgan fingerprint density at radius 1 is 0.727 bits per heavy atom. The molecule has 2 rings (SSSR count). The predicted octanol–water partition coefficient (Wildman–Crippen LogP) is 5.71. The van der Waals surface area contributed by atoms with Crippen molar-refractivity contribution in [3.63, 3.8) is 0 Å². The molecule has 0 aliphatic heterocycles. The fourth-order valence-corrected chi connectivity index (χ4v) is 2.59. The van der Waals surface area contributed by atoms with E-state index in [1.54, 1.807) is 0 Å². The molecule has 2 aromatic rings. The van der Waals surface area contributed by atoms with E-state index in [0.29, 0.717) is 0 Å². The third-order valence-corrected chi connectivity index (χ3v) is 3.99. The molecule has 0 amide bonds. The van der Waals surface area contributed by atoms with Crippen molar-refractivity contribution < 1.29 is 0 Å². The van der Waals surface area contributed by atoms with Gasteiger partial charge in [-0.3, -0.25) is 0 Å². The molecule has 0 unspecified atom stereocenters. The van der Waals surface area contributed by atoms with Crippen LogP contribution in [0.25, 0.3) is 11.1 Å². The number of nitrogen functional groups attached to an aromatic ring is 1. The van der Waals surface area contributed by atoms with E-state index in [1.807, 2.05) is 12.1 Å². The van der Waals surface area contributed by atoms with E-state index in [9.17, 15) is 0 Å². The van der Waals surface area contributed by atoms with Crippen LogP contribution < -0.4 is 11.1 Å². The highest BCUT2D eigenvalue weighted by molar-refractivity contribution is 5.67. The van der Waals surface area contributed by atoms with Gasteiger partial charge in [0.15, 0.2) is 0 Å². The van der Waals surface area contributed by atoms with Gasteiger partial charge in [0.1, 0.15) is 0 Å². The molecule has 2 aromatic carbocycles. The highest BCUT2D eigenvalue weighted by atomic mass is 14.9. The Morgan fingerprint density at radius 3 is 1.91 bits per heavy atom. The van der Waals surface area contributed by atoms with Gasteiger partial charge in [0.05, 0.1) is 0 Å². The number of hydrogen-bond acceptors (Lipinski definition) is 2. The molecule has 0 bridgehead atoms. The normalized spacial score (nSPS) is 10.6. The van der Waals surface area contributed by atoms with Crippen molar-refractivity contribution >= 4 is 11.4 Å². The van der Waals surface area contributed by atoms with Gasteiger partial charge in [-0.05, 0) is 41.8 Å². The van der Waals surface area contributed by atoms with Gasteiger partial charge in [-0.25, -0.2) is 0 Å². The number of nitrogens with one attached hydrogen (secondary N) is 1. The molecular weight excluding hydrogens is 268 g/mol. The lowest BCUT2D eigenvalue weighted by Gasteiger charge is -2.08. The third-order valence-electron chi connectivity index (χ3n) is 3.99. The molecule has 3 N–H and O–H groups in total. The molecule has 118 valence electrons. The molecule has 0 saturated carbocycles. The van der Waals surface area contributed by atoms with E-state index in [0.717, 1.165) is 12.2 Å². The molecule has 0 spiro atoms. The summed E-state index contributed by atoms with van der Waals surface area (Å²) in [5.41, 5.74) is 10.2. The molecule has 2 nitrogen and oxygen atoms in total. The average molecular weight is 296 g/mol. The minimum Gasteiger partial charge on any atom is -0.399 e. The molecule has 0 saturated heterocycles. The van der Waals surface area contributed by atoms with Crippen LogP contribution in [0.3, 0.4) is 0 Å². The van der Waals surface area contributed by atoms with Crippen LogP contribution in [0, 0.1) is 0 Å². The Morgan fingerprint density at radius 2 is 1.27 bits per heavy atom. The molecule has 0 atom stereocenters. The summed E-state index contributed by atoms with van der Waals surface area (Å²) in [7, 11) is 0. The maximum Gasteiger partial charge on any atom is 0.0340 e. The van der Waals surface area contributed by atoms with Gasteiger partial charge < -0.3 is 11.1 Å². The van der Waals surface area contributed by atoms with Crippen molar-refractivity contribution in [2.45, 2.75) is 45.4 Å². The smallest absolute Gasteiger partial charge is 0.0340 e. The van der Waals surface area contributed by atoms with Crippen LogP contribution in [-0.4, -0.2) is 6.54 Å². The largest absolute Gasteiger partial charge is 0.399 e. The fourth-order valence-electron chi connectivity index (χ4n) is 2.59. The first-order valence-electron chi connectivity index (χ1n) is 8.49. The summed E-state index contributed by atoms with van der Waals surface area (Å²) in [4.78, 5) is 0. The summed E-state index contributed by atoms with van der Waals surface area (Å²) in [6, 6.07) is 16.7. The van der Waals surface area contributed by atoms with Gasteiger partial charge in [-0.2, -0.15) is 0 Å². The lowest BCUT2D eigenvalue weighted by Crippen LogP contribution is -2.01. The second-order valence-electron chi connectivity index (χ2n) is 5.89. The molecule has 2 heteroatoms. The van der Waals surface area contributed by atoms with Gasteiger partial charge in [-0.1, -0.05) is 63.3 Å².